The molecule has 1 saturated heterocycles. The Bertz CT molecular complexity index is 319. The molecule has 1 saturated carbocycles. The molecule has 1 aliphatic heterocycles. The Labute approximate surface area is 121 Å². The van der Waals surface area contributed by atoms with Crippen LogP contribution in [0.3, 0.4) is 0 Å². The van der Waals surface area contributed by atoms with Crippen molar-refractivity contribution in [2.45, 2.75) is 57.1 Å². The van der Waals surface area contributed by atoms with Crippen molar-refractivity contribution in [2.24, 2.45) is 11.7 Å². The molecule has 0 spiro atoms. The summed E-state index contributed by atoms with van der Waals surface area (Å²) in [5.41, 5.74) is 5.27. The number of likely N-dealkylation sites (tertiary alicyclic amines) is 1. The largest absolute Gasteiger partial charge is 0.466 e. The molecule has 3 N–H and O–H groups in total. The molecule has 5 heteroatoms. The topological polar surface area (TPSA) is 75.8 Å². The summed E-state index contributed by atoms with van der Waals surface area (Å²) >= 11 is 0. The summed E-state index contributed by atoms with van der Waals surface area (Å²) < 4.78 is 5.07. The first-order valence-electron chi connectivity index (χ1n) is 7.89. The molecule has 2 aliphatic rings. The molecule has 1 heterocycles. The molecular formula is C15H28N2O3. The van der Waals surface area contributed by atoms with E-state index in [1.54, 1.807) is 0 Å². The van der Waals surface area contributed by atoms with Crippen molar-refractivity contribution in [1.82, 2.24) is 4.90 Å². The molecule has 0 unspecified atom stereocenters. The van der Waals surface area contributed by atoms with Gasteiger partial charge < -0.3 is 20.5 Å². The molecule has 0 aromatic rings. The van der Waals surface area contributed by atoms with Crippen molar-refractivity contribution < 1.29 is 14.6 Å². The molecular weight excluding hydrogens is 256 g/mol. The molecule has 0 bridgehead atoms. The lowest BCUT2D eigenvalue weighted by Gasteiger charge is -2.40. The number of nitrogens with zero attached hydrogens (tertiary/aromatic N) is 1. The van der Waals surface area contributed by atoms with Crippen molar-refractivity contribution in [3.05, 3.63) is 0 Å². The van der Waals surface area contributed by atoms with Crippen LogP contribution in [-0.4, -0.2) is 53.9 Å². The molecule has 2 rings (SSSR count). The van der Waals surface area contributed by atoms with Gasteiger partial charge in [0.05, 0.1) is 18.1 Å². The number of β-amino-alcohol motifs (C(OH)–C–C–N with tert-alkyl or cyclic N) is 1. The predicted molar refractivity (Wildman–Crippen MR) is 77.2 cm³/mol. The lowest BCUT2D eigenvalue weighted by atomic mass is 9.78. The second-order valence-corrected chi connectivity index (χ2v) is 6.36. The van der Waals surface area contributed by atoms with Crippen LogP contribution in [0.15, 0.2) is 0 Å². The van der Waals surface area contributed by atoms with Crippen LogP contribution in [0.1, 0.15) is 45.4 Å². The average Bonchev–Trinajstić information content (AvgIpc) is 2.42. The van der Waals surface area contributed by atoms with Gasteiger partial charge in [-0.3, -0.25) is 4.79 Å². The monoisotopic (exact) mass is 284 g/mol. The number of rotatable bonds is 4. The molecule has 116 valence electrons. The van der Waals surface area contributed by atoms with Gasteiger partial charge in [0.15, 0.2) is 0 Å². The summed E-state index contributed by atoms with van der Waals surface area (Å²) in [4.78, 5) is 14.0. The van der Waals surface area contributed by atoms with E-state index in [-0.39, 0.29) is 11.9 Å². The first kappa shape index (κ1) is 15.7. The van der Waals surface area contributed by atoms with E-state index in [1.807, 2.05) is 6.92 Å². The smallest absolute Gasteiger partial charge is 0.308 e. The lowest BCUT2D eigenvalue weighted by molar-refractivity contribution is -0.151. The Morgan fingerprint density at radius 1 is 1.30 bits per heavy atom. The minimum atomic E-state index is -0.634. The van der Waals surface area contributed by atoms with Gasteiger partial charge in [0.25, 0.3) is 0 Å². The summed E-state index contributed by atoms with van der Waals surface area (Å²) in [7, 11) is 0. The highest BCUT2D eigenvalue weighted by Crippen LogP contribution is 2.33. The second kappa shape index (κ2) is 6.87. The first-order chi connectivity index (χ1) is 9.52. The summed E-state index contributed by atoms with van der Waals surface area (Å²) in [5.74, 6) is -0.122. The van der Waals surface area contributed by atoms with Crippen LogP contribution in [0.4, 0.5) is 0 Å². The van der Waals surface area contributed by atoms with Crippen LogP contribution in [0, 0.1) is 5.92 Å². The fraction of sp³-hybridized carbons (Fsp3) is 0.933. The Morgan fingerprint density at radius 3 is 2.45 bits per heavy atom. The van der Waals surface area contributed by atoms with E-state index in [1.165, 1.54) is 0 Å². The number of piperidine rings is 1. The molecule has 0 radical (unpaired) electrons. The molecule has 2 fully saturated rings. The van der Waals surface area contributed by atoms with Crippen molar-refractivity contribution in [3.63, 3.8) is 0 Å². The normalized spacial score (nSPS) is 33.0. The van der Waals surface area contributed by atoms with Gasteiger partial charge in [0.2, 0.25) is 0 Å². The van der Waals surface area contributed by atoms with Crippen molar-refractivity contribution in [2.75, 3.05) is 26.2 Å². The first-order valence-corrected chi connectivity index (χ1v) is 7.89. The van der Waals surface area contributed by atoms with Gasteiger partial charge >= 0.3 is 5.97 Å². The number of carbonyl (C=O) groups is 1. The summed E-state index contributed by atoms with van der Waals surface area (Å²) in [6, 6.07) is 0.320. The van der Waals surface area contributed by atoms with Crippen molar-refractivity contribution in [1.29, 1.82) is 0 Å². The number of hydrogen-bond acceptors (Lipinski definition) is 5. The summed E-state index contributed by atoms with van der Waals surface area (Å²) in [6.07, 6.45) is 4.90. The van der Waals surface area contributed by atoms with Gasteiger partial charge in [0, 0.05) is 12.6 Å². The van der Waals surface area contributed by atoms with Gasteiger partial charge in [-0.1, -0.05) is 0 Å². The SMILES string of the molecule is CCOC(=O)C1CCC(O)(CN2CCC(N)CC2)CC1. The number of ether oxygens (including phenoxy) is 1. The van der Waals surface area contributed by atoms with E-state index in [2.05, 4.69) is 4.90 Å². The molecule has 20 heavy (non-hydrogen) atoms. The fourth-order valence-electron chi connectivity index (χ4n) is 3.34. The zero-order valence-corrected chi connectivity index (χ0v) is 12.5. The van der Waals surface area contributed by atoms with E-state index in [0.29, 0.717) is 25.5 Å². The van der Waals surface area contributed by atoms with Crippen LogP contribution < -0.4 is 5.73 Å². The highest BCUT2D eigenvalue weighted by molar-refractivity contribution is 5.72. The molecule has 0 aromatic carbocycles. The number of hydrogen-bond donors (Lipinski definition) is 2. The Hall–Kier alpha value is -0.650. The van der Waals surface area contributed by atoms with Crippen molar-refractivity contribution in [3.8, 4) is 0 Å². The average molecular weight is 284 g/mol. The van der Waals surface area contributed by atoms with E-state index in [4.69, 9.17) is 10.5 Å². The van der Waals surface area contributed by atoms with E-state index >= 15 is 0 Å². The summed E-state index contributed by atoms with van der Waals surface area (Å²) in [5, 5.41) is 10.7. The third kappa shape index (κ3) is 4.17. The standard InChI is InChI=1S/C15H28N2O3/c1-2-20-14(18)12-3-7-15(19,8-4-12)11-17-9-5-13(16)6-10-17/h12-13,19H,2-11,16H2,1H3. The second-order valence-electron chi connectivity index (χ2n) is 6.36. The number of esters is 1. The summed E-state index contributed by atoms with van der Waals surface area (Å²) in [6.45, 7) is 4.94. The third-order valence-corrected chi connectivity index (χ3v) is 4.69. The minimum Gasteiger partial charge on any atom is -0.466 e. The fourth-order valence-corrected chi connectivity index (χ4v) is 3.34. The van der Waals surface area contributed by atoms with Crippen LogP contribution in [-0.2, 0) is 9.53 Å². The maximum atomic E-state index is 11.7. The van der Waals surface area contributed by atoms with Crippen molar-refractivity contribution >= 4 is 5.97 Å². The lowest BCUT2D eigenvalue weighted by Crippen LogP contribution is -2.50. The highest BCUT2D eigenvalue weighted by Gasteiger charge is 2.37. The van der Waals surface area contributed by atoms with Crippen LogP contribution in [0.5, 0.6) is 0 Å². The third-order valence-electron chi connectivity index (χ3n) is 4.69. The molecule has 0 aromatic heterocycles. The number of aliphatic hydroxyl groups is 1. The van der Waals surface area contributed by atoms with Crippen LogP contribution in [0.25, 0.3) is 0 Å². The predicted octanol–water partition coefficient (Wildman–Crippen LogP) is 0.894. The van der Waals surface area contributed by atoms with E-state index < -0.39 is 5.60 Å². The van der Waals surface area contributed by atoms with Gasteiger partial charge in [0.1, 0.15) is 0 Å². The quantitative estimate of drug-likeness (QED) is 0.750. The zero-order valence-electron chi connectivity index (χ0n) is 12.5. The molecule has 0 amide bonds. The Morgan fingerprint density at radius 2 is 1.90 bits per heavy atom. The maximum absolute atomic E-state index is 11.7. The van der Waals surface area contributed by atoms with Gasteiger partial charge in [-0.2, -0.15) is 0 Å². The van der Waals surface area contributed by atoms with Gasteiger partial charge in [-0.25, -0.2) is 0 Å². The molecule has 0 atom stereocenters. The minimum absolute atomic E-state index is 0.0231. The number of carbonyl (C=O) groups excluding carboxylic acids is 1. The van der Waals surface area contributed by atoms with Crippen LogP contribution in [0.2, 0.25) is 0 Å². The maximum Gasteiger partial charge on any atom is 0.308 e. The molecule has 5 nitrogen and oxygen atoms in total. The van der Waals surface area contributed by atoms with E-state index in [0.717, 1.165) is 45.3 Å². The van der Waals surface area contributed by atoms with Gasteiger partial charge in [-0.15, -0.1) is 0 Å². The van der Waals surface area contributed by atoms with Gasteiger partial charge in [-0.05, 0) is 58.5 Å². The molecule has 1 aliphatic carbocycles. The van der Waals surface area contributed by atoms with Crippen LogP contribution >= 0.6 is 0 Å². The number of nitrogens with two attached hydrogens (primary N) is 1. The Kier molecular flexibility index (Phi) is 5.41. The van der Waals surface area contributed by atoms with E-state index in [9.17, 15) is 9.90 Å². The Balaban J connectivity index is 1.77. The zero-order chi connectivity index (χ0) is 14.6. The highest BCUT2D eigenvalue weighted by atomic mass is 16.5.